The summed E-state index contributed by atoms with van der Waals surface area (Å²) in [7, 11) is 0. The van der Waals surface area contributed by atoms with Crippen LogP contribution in [0.5, 0.6) is 0 Å². The van der Waals surface area contributed by atoms with E-state index in [9.17, 15) is 4.79 Å². The van der Waals surface area contributed by atoms with Crippen LogP contribution in [-0.2, 0) is 17.9 Å². The summed E-state index contributed by atoms with van der Waals surface area (Å²) in [5.41, 5.74) is 6.87. The molecule has 0 fully saturated rings. The number of rotatable bonds is 4. The Balaban J connectivity index is 1.70. The number of amides is 1. The highest BCUT2D eigenvalue weighted by Crippen LogP contribution is 2.28. The molecule has 0 saturated heterocycles. The van der Waals surface area contributed by atoms with Gasteiger partial charge in [-0.1, -0.05) is 28.2 Å². The Bertz CT molecular complexity index is 798. The van der Waals surface area contributed by atoms with Gasteiger partial charge < -0.3 is 11.1 Å². The molecule has 0 aliphatic heterocycles. The van der Waals surface area contributed by atoms with Crippen LogP contribution in [0.3, 0.4) is 0 Å². The summed E-state index contributed by atoms with van der Waals surface area (Å²) in [5.74, 6) is -0.228. The first-order valence-corrected chi connectivity index (χ1v) is 7.28. The molecule has 0 atom stereocenters. The molecule has 0 aliphatic carbocycles. The molecule has 3 aromatic rings. The van der Waals surface area contributed by atoms with E-state index in [4.69, 9.17) is 17.3 Å². The van der Waals surface area contributed by atoms with Crippen LogP contribution in [0.15, 0.2) is 24.4 Å². The van der Waals surface area contributed by atoms with E-state index in [1.54, 1.807) is 12.3 Å². The normalized spacial score (nSPS) is 11.0. The SMILES string of the molecule is NCc1cn(CC(=O)Nc2nc3ccc(Cl)cc3s2)nn1. The quantitative estimate of drug-likeness (QED) is 0.760. The minimum atomic E-state index is -0.228. The molecule has 1 aromatic carbocycles. The summed E-state index contributed by atoms with van der Waals surface area (Å²) >= 11 is 7.29. The Labute approximate surface area is 128 Å². The van der Waals surface area contributed by atoms with Crippen LogP contribution in [0.4, 0.5) is 5.13 Å². The molecule has 1 amide bonds. The van der Waals surface area contributed by atoms with Crippen molar-refractivity contribution in [2.75, 3.05) is 5.32 Å². The van der Waals surface area contributed by atoms with Gasteiger partial charge in [-0.15, -0.1) is 5.10 Å². The molecule has 2 heterocycles. The van der Waals surface area contributed by atoms with Gasteiger partial charge in [0.2, 0.25) is 5.91 Å². The molecule has 21 heavy (non-hydrogen) atoms. The molecule has 7 nitrogen and oxygen atoms in total. The van der Waals surface area contributed by atoms with Crippen molar-refractivity contribution in [3.05, 3.63) is 35.1 Å². The largest absolute Gasteiger partial charge is 0.325 e. The topological polar surface area (TPSA) is 98.7 Å². The molecule has 2 aromatic heterocycles. The fourth-order valence-electron chi connectivity index (χ4n) is 1.77. The van der Waals surface area contributed by atoms with Crippen molar-refractivity contribution in [2.45, 2.75) is 13.1 Å². The van der Waals surface area contributed by atoms with Crippen LogP contribution < -0.4 is 11.1 Å². The summed E-state index contributed by atoms with van der Waals surface area (Å²) in [6.07, 6.45) is 1.64. The zero-order valence-electron chi connectivity index (χ0n) is 10.8. The number of carbonyl (C=O) groups excluding carboxylic acids is 1. The van der Waals surface area contributed by atoms with Gasteiger partial charge in [-0.05, 0) is 18.2 Å². The van der Waals surface area contributed by atoms with Gasteiger partial charge in [0.05, 0.1) is 22.1 Å². The monoisotopic (exact) mass is 322 g/mol. The lowest BCUT2D eigenvalue weighted by Crippen LogP contribution is -2.19. The summed E-state index contributed by atoms with van der Waals surface area (Å²) < 4.78 is 2.35. The number of aromatic nitrogens is 4. The Morgan fingerprint density at radius 1 is 1.48 bits per heavy atom. The maximum atomic E-state index is 11.9. The summed E-state index contributed by atoms with van der Waals surface area (Å²) in [4.78, 5) is 16.3. The van der Waals surface area contributed by atoms with E-state index in [1.165, 1.54) is 16.0 Å². The number of benzene rings is 1. The van der Waals surface area contributed by atoms with Crippen molar-refractivity contribution in [3.63, 3.8) is 0 Å². The van der Waals surface area contributed by atoms with Gasteiger partial charge >= 0.3 is 0 Å². The molecular weight excluding hydrogens is 312 g/mol. The van der Waals surface area contributed by atoms with Gasteiger partial charge in [0.25, 0.3) is 0 Å². The van der Waals surface area contributed by atoms with Gasteiger partial charge in [-0.25, -0.2) is 9.67 Å². The van der Waals surface area contributed by atoms with Crippen LogP contribution in [-0.4, -0.2) is 25.9 Å². The number of nitrogens with zero attached hydrogens (tertiary/aromatic N) is 4. The highest BCUT2D eigenvalue weighted by atomic mass is 35.5. The molecule has 0 saturated carbocycles. The standard InChI is InChI=1S/C12H11ClN6OS/c13-7-1-2-9-10(3-7)21-12(15-9)16-11(20)6-19-5-8(4-14)17-18-19/h1-3,5H,4,6,14H2,(H,15,16,20). The van der Waals surface area contributed by atoms with Crippen molar-refractivity contribution < 1.29 is 4.79 Å². The van der Waals surface area contributed by atoms with E-state index in [0.29, 0.717) is 22.4 Å². The highest BCUT2D eigenvalue weighted by Gasteiger charge is 2.10. The minimum absolute atomic E-state index is 0.0592. The lowest BCUT2D eigenvalue weighted by molar-refractivity contribution is -0.116. The van der Waals surface area contributed by atoms with Crippen LogP contribution in [0, 0.1) is 0 Å². The first kappa shape index (κ1) is 13.9. The van der Waals surface area contributed by atoms with E-state index in [2.05, 4.69) is 20.6 Å². The third-order valence-corrected chi connectivity index (χ3v) is 3.87. The number of hydrogen-bond acceptors (Lipinski definition) is 6. The van der Waals surface area contributed by atoms with Crippen LogP contribution in [0.2, 0.25) is 5.02 Å². The predicted molar refractivity (Wildman–Crippen MR) is 81.2 cm³/mol. The second kappa shape index (κ2) is 5.76. The number of halogens is 1. The number of carbonyl (C=O) groups is 1. The molecule has 0 bridgehead atoms. The molecule has 3 rings (SSSR count). The Hall–Kier alpha value is -2.03. The first-order chi connectivity index (χ1) is 10.1. The van der Waals surface area contributed by atoms with Crippen molar-refractivity contribution in [3.8, 4) is 0 Å². The molecule has 9 heteroatoms. The Morgan fingerprint density at radius 3 is 3.10 bits per heavy atom. The summed E-state index contributed by atoms with van der Waals surface area (Å²) in [6, 6.07) is 5.39. The molecule has 0 radical (unpaired) electrons. The number of thiazole rings is 1. The maximum Gasteiger partial charge on any atom is 0.247 e. The highest BCUT2D eigenvalue weighted by molar-refractivity contribution is 7.22. The van der Waals surface area contributed by atoms with Crippen LogP contribution in [0.25, 0.3) is 10.2 Å². The van der Waals surface area contributed by atoms with Crippen LogP contribution in [0.1, 0.15) is 5.69 Å². The molecule has 0 aliphatic rings. The number of nitrogens with one attached hydrogen (secondary N) is 1. The van der Waals surface area contributed by atoms with Gasteiger partial charge in [0, 0.05) is 11.6 Å². The molecule has 108 valence electrons. The predicted octanol–water partition coefficient (Wildman–Crippen LogP) is 1.64. The zero-order chi connectivity index (χ0) is 14.8. The van der Waals surface area contributed by atoms with Crippen LogP contribution >= 0.6 is 22.9 Å². The van der Waals surface area contributed by atoms with Crippen molar-refractivity contribution in [2.24, 2.45) is 5.73 Å². The summed E-state index contributed by atoms with van der Waals surface area (Å²) in [5, 5.41) is 11.5. The molecule has 3 N–H and O–H groups in total. The number of nitrogens with two attached hydrogens (primary N) is 1. The Morgan fingerprint density at radius 2 is 2.33 bits per heavy atom. The average molecular weight is 323 g/mol. The van der Waals surface area contributed by atoms with Crippen molar-refractivity contribution in [1.82, 2.24) is 20.0 Å². The average Bonchev–Trinajstić information content (AvgIpc) is 3.04. The van der Waals surface area contributed by atoms with E-state index >= 15 is 0 Å². The zero-order valence-corrected chi connectivity index (χ0v) is 12.4. The van der Waals surface area contributed by atoms with Crippen molar-refractivity contribution >= 4 is 44.2 Å². The van der Waals surface area contributed by atoms with Gasteiger partial charge in [-0.2, -0.15) is 0 Å². The smallest absolute Gasteiger partial charge is 0.247 e. The summed E-state index contributed by atoms with van der Waals surface area (Å²) in [6.45, 7) is 0.351. The fourth-order valence-corrected chi connectivity index (χ4v) is 2.93. The second-order valence-electron chi connectivity index (χ2n) is 4.29. The number of anilines is 1. The first-order valence-electron chi connectivity index (χ1n) is 6.09. The molecular formula is C12H11ClN6OS. The lowest BCUT2D eigenvalue weighted by atomic mass is 10.3. The number of fused-ring (bicyclic) bond motifs is 1. The minimum Gasteiger partial charge on any atom is -0.325 e. The number of hydrogen-bond donors (Lipinski definition) is 2. The van der Waals surface area contributed by atoms with Crippen molar-refractivity contribution in [1.29, 1.82) is 0 Å². The third kappa shape index (κ3) is 3.18. The van der Waals surface area contributed by atoms with Gasteiger partial charge in [0.1, 0.15) is 6.54 Å². The molecule has 0 unspecified atom stereocenters. The third-order valence-electron chi connectivity index (χ3n) is 2.70. The van der Waals surface area contributed by atoms with E-state index < -0.39 is 0 Å². The van der Waals surface area contributed by atoms with E-state index in [1.807, 2.05) is 12.1 Å². The van der Waals surface area contributed by atoms with Gasteiger partial charge in [-0.3, -0.25) is 4.79 Å². The maximum absolute atomic E-state index is 11.9. The van der Waals surface area contributed by atoms with E-state index in [-0.39, 0.29) is 12.5 Å². The lowest BCUT2D eigenvalue weighted by Gasteiger charge is -2.00. The Kier molecular flexibility index (Phi) is 3.82. The second-order valence-corrected chi connectivity index (χ2v) is 5.76. The molecule has 0 spiro atoms. The van der Waals surface area contributed by atoms with Gasteiger partial charge in [0.15, 0.2) is 5.13 Å². The fraction of sp³-hybridized carbons (Fsp3) is 0.167. The van der Waals surface area contributed by atoms with E-state index in [0.717, 1.165) is 10.2 Å².